The van der Waals surface area contributed by atoms with E-state index in [4.69, 9.17) is 13.9 Å². The molecule has 4 heteroatoms. The third-order valence-corrected chi connectivity index (χ3v) is 4.80. The van der Waals surface area contributed by atoms with Crippen LogP contribution in [0, 0.1) is 0 Å². The molecule has 15 heavy (non-hydrogen) atoms. The molecule has 0 unspecified atom stereocenters. The average Bonchev–Trinajstić information content (AvgIpc) is 2.61. The van der Waals surface area contributed by atoms with Gasteiger partial charge in [-0.15, -0.1) is 0 Å². The predicted molar refractivity (Wildman–Crippen MR) is 60.6 cm³/mol. The molecule has 1 heterocycles. The van der Waals surface area contributed by atoms with Crippen molar-refractivity contribution < 1.29 is 13.9 Å². The summed E-state index contributed by atoms with van der Waals surface area (Å²) in [6, 6.07) is 7.73. The fourth-order valence-corrected chi connectivity index (χ4v) is 3.33. The predicted octanol–water partition coefficient (Wildman–Crippen LogP) is 2.56. The zero-order chi connectivity index (χ0) is 10.9. The fraction of sp³-hybridized carbons (Fsp3) is 0.455. The summed E-state index contributed by atoms with van der Waals surface area (Å²) in [6.45, 7) is 6.91. The summed E-state index contributed by atoms with van der Waals surface area (Å²) in [5.41, 5.74) is 0. The van der Waals surface area contributed by atoms with Crippen molar-refractivity contribution in [1.29, 1.82) is 0 Å². The van der Waals surface area contributed by atoms with Crippen LogP contribution in [-0.2, 0) is 4.43 Å². The summed E-state index contributed by atoms with van der Waals surface area (Å²) in [4.78, 5) is 0. The monoisotopic (exact) mass is 224 g/mol. The minimum atomic E-state index is -1.91. The minimum absolute atomic E-state index is 0.227. The van der Waals surface area contributed by atoms with Crippen LogP contribution in [0.2, 0.25) is 13.1 Å². The van der Waals surface area contributed by atoms with Crippen molar-refractivity contribution in [3.63, 3.8) is 0 Å². The van der Waals surface area contributed by atoms with E-state index in [1.165, 1.54) is 0 Å². The number of fused-ring (bicyclic) bond motifs is 1. The van der Waals surface area contributed by atoms with E-state index in [1.807, 2.05) is 31.2 Å². The van der Waals surface area contributed by atoms with Gasteiger partial charge < -0.3 is 13.9 Å². The Hall–Kier alpha value is -1.00. The lowest BCUT2D eigenvalue weighted by Gasteiger charge is -2.26. The third-order valence-electron chi connectivity index (χ3n) is 2.40. The highest BCUT2D eigenvalue weighted by Gasteiger charge is 2.42. The lowest BCUT2D eigenvalue weighted by molar-refractivity contribution is 0.0903. The Labute approximate surface area is 91.1 Å². The average molecular weight is 224 g/mol. The maximum atomic E-state index is 5.74. The van der Waals surface area contributed by atoms with E-state index in [2.05, 4.69) is 13.1 Å². The van der Waals surface area contributed by atoms with Crippen molar-refractivity contribution in [1.82, 2.24) is 0 Å². The summed E-state index contributed by atoms with van der Waals surface area (Å²) < 4.78 is 17.2. The number of hydrogen-bond acceptors (Lipinski definition) is 3. The first-order valence-electron chi connectivity index (χ1n) is 5.20. The number of rotatable bonds is 3. The second kappa shape index (κ2) is 3.87. The Morgan fingerprint density at radius 3 is 2.20 bits per heavy atom. The van der Waals surface area contributed by atoms with E-state index in [1.54, 1.807) is 0 Å². The second-order valence-corrected chi connectivity index (χ2v) is 8.02. The molecular formula is C11H16O3Si. The van der Waals surface area contributed by atoms with Gasteiger partial charge in [-0.3, -0.25) is 0 Å². The number of para-hydroxylation sites is 2. The molecule has 0 radical (unpaired) electrons. The molecule has 0 aliphatic carbocycles. The molecule has 1 aliphatic heterocycles. The van der Waals surface area contributed by atoms with Crippen molar-refractivity contribution in [2.45, 2.75) is 25.9 Å². The summed E-state index contributed by atoms with van der Waals surface area (Å²) in [5, 5.41) is 0. The SMILES string of the molecule is CCO[Si](C)(C)C1Oc2ccccc2O1. The lowest BCUT2D eigenvalue weighted by atomic mass is 10.3. The van der Waals surface area contributed by atoms with Crippen molar-refractivity contribution in [2.24, 2.45) is 0 Å². The Morgan fingerprint density at radius 2 is 1.73 bits per heavy atom. The fourth-order valence-electron chi connectivity index (χ4n) is 1.62. The molecule has 0 bridgehead atoms. The number of benzene rings is 1. The largest absolute Gasteiger partial charge is 0.452 e. The first-order valence-corrected chi connectivity index (χ1v) is 8.18. The number of ether oxygens (including phenoxy) is 2. The van der Waals surface area contributed by atoms with Crippen LogP contribution in [0.1, 0.15) is 6.92 Å². The van der Waals surface area contributed by atoms with Crippen LogP contribution in [0.4, 0.5) is 0 Å². The first kappa shape index (κ1) is 10.5. The highest BCUT2D eigenvalue weighted by molar-refractivity contribution is 6.72. The quantitative estimate of drug-likeness (QED) is 0.739. The van der Waals surface area contributed by atoms with Gasteiger partial charge in [-0.2, -0.15) is 0 Å². The molecule has 2 rings (SSSR count). The maximum Gasteiger partial charge on any atom is 0.278 e. The summed E-state index contributed by atoms with van der Waals surface area (Å²) in [6.07, 6.45) is 0. The highest BCUT2D eigenvalue weighted by atomic mass is 28.4. The molecule has 0 fully saturated rings. The standard InChI is InChI=1S/C11H16O3Si/c1-4-12-15(2,3)11-13-9-7-5-6-8-10(9)14-11/h5-8,11H,4H2,1-3H3. The molecule has 1 aliphatic rings. The molecule has 0 saturated carbocycles. The van der Waals surface area contributed by atoms with Gasteiger partial charge in [-0.25, -0.2) is 0 Å². The zero-order valence-corrected chi connectivity index (χ0v) is 10.3. The van der Waals surface area contributed by atoms with E-state index >= 15 is 0 Å². The molecule has 0 atom stereocenters. The van der Waals surface area contributed by atoms with Crippen LogP contribution in [0.15, 0.2) is 24.3 Å². The molecule has 0 N–H and O–H groups in total. The van der Waals surface area contributed by atoms with Crippen molar-refractivity contribution in [2.75, 3.05) is 6.61 Å². The topological polar surface area (TPSA) is 27.7 Å². The first-order chi connectivity index (χ1) is 7.13. The maximum absolute atomic E-state index is 5.74. The number of hydrogen-bond donors (Lipinski definition) is 0. The molecule has 1 aromatic rings. The lowest BCUT2D eigenvalue weighted by Crippen LogP contribution is -2.49. The van der Waals surface area contributed by atoms with Gasteiger partial charge in [0.25, 0.3) is 8.32 Å². The van der Waals surface area contributed by atoms with Crippen molar-refractivity contribution in [3.8, 4) is 11.5 Å². The van der Waals surface area contributed by atoms with E-state index < -0.39 is 8.32 Å². The van der Waals surface area contributed by atoms with E-state index in [9.17, 15) is 0 Å². The summed E-state index contributed by atoms with van der Waals surface area (Å²) in [5.74, 6) is 1.42. The molecule has 0 aromatic heterocycles. The molecule has 82 valence electrons. The highest BCUT2D eigenvalue weighted by Crippen LogP contribution is 2.36. The van der Waals surface area contributed by atoms with Crippen LogP contribution >= 0.6 is 0 Å². The van der Waals surface area contributed by atoms with Crippen LogP contribution in [0.3, 0.4) is 0 Å². The van der Waals surface area contributed by atoms with E-state index in [0.29, 0.717) is 6.61 Å². The Kier molecular flexibility index (Phi) is 2.71. The molecule has 0 saturated heterocycles. The van der Waals surface area contributed by atoms with E-state index in [-0.39, 0.29) is 5.91 Å². The van der Waals surface area contributed by atoms with Gasteiger partial charge in [0, 0.05) is 6.61 Å². The van der Waals surface area contributed by atoms with Crippen LogP contribution < -0.4 is 9.47 Å². The van der Waals surface area contributed by atoms with Gasteiger partial charge in [-0.1, -0.05) is 12.1 Å². The molecule has 0 spiro atoms. The molecule has 3 nitrogen and oxygen atoms in total. The van der Waals surface area contributed by atoms with Crippen molar-refractivity contribution >= 4 is 8.32 Å². The molecule has 0 amide bonds. The van der Waals surface area contributed by atoms with Crippen LogP contribution in [0.25, 0.3) is 0 Å². The Bertz CT molecular complexity index is 326. The van der Waals surface area contributed by atoms with Gasteiger partial charge in [0.05, 0.1) is 0 Å². The minimum Gasteiger partial charge on any atom is -0.452 e. The third kappa shape index (κ3) is 2.01. The second-order valence-electron chi connectivity index (χ2n) is 4.05. The van der Waals surface area contributed by atoms with Gasteiger partial charge in [0.2, 0.25) is 5.91 Å². The summed E-state index contributed by atoms with van der Waals surface area (Å²) >= 11 is 0. The van der Waals surface area contributed by atoms with Crippen molar-refractivity contribution in [3.05, 3.63) is 24.3 Å². The Morgan fingerprint density at radius 1 is 1.20 bits per heavy atom. The van der Waals surface area contributed by atoms with Crippen LogP contribution in [-0.4, -0.2) is 20.8 Å². The Balaban J connectivity index is 2.13. The van der Waals surface area contributed by atoms with Gasteiger partial charge in [-0.05, 0) is 32.2 Å². The normalized spacial score (nSPS) is 15.7. The van der Waals surface area contributed by atoms with E-state index in [0.717, 1.165) is 11.5 Å². The van der Waals surface area contributed by atoms with Gasteiger partial charge in [0.15, 0.2) is 11.5 Å². The summed E-state index contributed by atoms with van der Waals surface area (Å²) in [7, 11) is -1.91. The zero-order valence-electron chi connectivity index (χ0n) is 9.32. The van der Waals surface area contributed by atoms with Gasteiger partial charge in [0.1, 0.15) is 0 Å². The van der Waals surface area contributed by atoms with Gasteiger partial charge >= 0.3 is 0 Å². The smallest absolute Gasteiger partial charge is 0.278 e. The molecular weight excluding hydrogens is 208 g/mol. The van der Waals surface area contributed by atoms with Crippen LogP contribution in [0.5, 0.6) is 11.5 Å². The molecule has 1 aromatic carbocycles.